The van der Waals surface area contributed by atoms with E-state index in [1.54, 1.807) is 0 Å². The van der Waals surface area contributed by atoms with Gasteiger partial charge in [0.05, 0.1) is 5.69 Å². The van der Waals surface area contributed by atoms with Gasteiger partial charge in [0, 0.05) is 12.5 Å². The van der Waals surface area contributed by atoms with Crippen LogP contribution in [0.2, 0.25) is 0 Å². The summed E-state index contributed by atoms with van der Waals surface area (Å²) in [5.41, 5.74) is 0.0436. The van der Waals surface area contributed by atoms with Crippen LogP contribution in [-0.2, 0) is 4.79 Å². The van der Waals surface area contributed by atoms with E-state index in [0.717, 1.165) is 25.0 Å². The molecule has 0 bridgehead atoms. The second-order valence-corrected chi connectivity index (χ2v) is 3.82. The summed E-state index contributed by atoms with van der Waals surface area (Å²) in [6.07, 6.45) is 2.56. The molecule has 0 aliphatic heterocycles. The molecule has 15 heavy (non-hydrogen) atoms. The molecule has 0 aromatic heterocycles. The zero-order valence-electron chi connectivity index (χ0n) is 8.09. The molecule has 1 amide bonds. The second kappa shape index (κ2) is 3.96. The summed E-state index contributed by atoms with van der Waals surface area (Å²) in [7, 11) is 0. The summed E-state index contributed by atoms with van der Waals surface area (Å²) in [5.74, 6) is -1.14. The molecule has 0 spiro atoms. The molecule has 0 radical (unpaired) electrons. The van der Waals surface area contributed by atoms with Crippen molar-refractivity contribution in [2.75, 3.05) is 5.32 Å². The molecule has 1 aliphatic rings. The van der Waals surface area contributed by atoms with Gasteiger partial charge in [0.25, 0.3) is 0 Å². The summed E-state index contributed by atoms with van der Waals surface area (Å²) < 4.78 is 25.7. The zero-order chi connectivity index (χ0) is 10.8. The largest absolute Gasteiger partial charge is 0.324 e. The third-order valence-electron chi connectivity index (χ3n) is 2.38. The summed E-state index contributed by atoms with van der Waals surface area (Å²) in [5, 5.41) is 2.43. The number of nitrogens with one attached hydrogen (secondary N) is 1. The number of carbonyl (C=O) groups is 1. The highest BCUT2D eigenvalue weighted by molar-refractivity contribution is 5.91. The van der Waals surface area contributed by atoms with Gasteiger partial charge in [0.2, 0.25) is 5.91 Å². The van der Waals surface area contributed by atoms with Crippen molar-refractivity contribution in [3.05, 3.63) is 29.8 Å². The molecule has 2 rings (SSSR count). The van der Waals surface area contributed by atoms with Crippen LogP contribution in [0.5, 0.6) is 0 Å². The van der Waals surface area contributed by atoms with Crippen LogP contribution in [0.1, 0.15) is 19.3 Å². The number of hydrogen-bond acceptors (Lipinski definition) is 1. The third-order valence-corrected chi connectivity index (χ3v) is 2.38. The number of rotatable bonds is 3. The SMILES string of the molecule is O=C(CC1CC1)Nc1ccc(F)cc1F. The van der Waals surface area contributed by atoms with Crippen molar-refractivity contribution < 1.29 is 13.6 Å². The van der Waals surface area contributed by atoms with Gasteiger partial charge < -0.3 is 5.32 Å². The first-order valence-electron chi connectivity index (χ1n) is 4.90. The van der Waals surface area contributed by atoms with Gasteiger partial charge in [-0.05, 0) is 30.9 Å². The fourth-order valence-corrected chi connectivity index (χ4v) is 1.38. The quantitative estimate of drug-likeness (QED) is 0.818. The lowest BCUT2D eigenvalue weighted by molar-refractivity contribution is -0.116. The first-order chi connectivity index (χ1) is 7.15. The van der Waals surface area contributed by atoms with E-state index in [1.165, 1.54) is 6.07 Å². The minimum atomic E-state index is -0.737. The molecule has 0 atom stereocenters. The molecular formula is C11H11F2NO. The molecule has 2 nitrogen and oxygen atoms in total. The minimum absolute atomic E-state index is 0.0436. The van der Waals surface area contributed by atoms with Gasteiger partial charge >= 0.3 is 0 Å². The Bertz CT molecular complexity index is 388. The molecule has 0 unspecified atom stereocenters. The Kier molecular flexibility index (Phi) is 2.66. The highest BCUT2D eigenvalue weighted by Gasteiger charge is 2.24. The van der Waals surface area contributed by atoms with Crippen molar-refractivity contribution >= 4 is 11.6 Å². The van der Waals surface area contributed by atoms with Crippen molar-refractivity contribution in [2.24, 2.45) is 5.92 Å². The smallest absolute Gasteiger partial charge is 0.224 e. The molecular weight excluding hydrogens is 200 g/mol. The van der Waals surface area contributed by atoms with Gasteiger partial charge in [0.1, 0.15) is 11.6 Å². The molecule has 1 fully saturated rings. The van der Waals surface area contributed by atoms with Crippen molar-refractivity contribution in [2.45, 2.75) is 19.3 Å². The lowest BCUT2D eigenvalue weighted by Crippen LogP contribution is -2.13. The fraction of sp³-hybridized carbons (Fsp3) is 0.364. The van der Waals surface area contributed by atoms with Crippen LogP contribution in [0.25, 0.3) is 0 Å². The summed E-state index contributed by atoms with van der Waals surface area (Å²) in [4.78, 5) is 11.3. The average Bonchev–Trinajstić information content (AvgIpc) is 2.94. The Morgan fingerprint density at radius 2 is 2.13 bits per heavy atom. The number of carbonyl (C=O) groups excluding carboxylic acids is 1. The molecule has 1 aromatic rings. The first kappa shape index (κ1) is 10.1. The lowest BCUT2D eigenvalue weighted by Gasteiger charge is -2.05. The van der Waals surface area contributed by atoms with Gasteiger partial charge in [-0.15, -0.1) is 0 Å². The van der Waals surface area contributed by atoms with Crippen molar-refractivity contribution in [3.63, 3.8) is 0 Å². The van der Waals surface area contributed by atoms with E-state index < -0.39 is 11.6 Å². The number of benzene rings is 1. The molecule has 0 saturated heterocycles. The Labute approximate surface area is 86.3 Å². The monoisotopic (exact) mass is 211 g/mol. The Balaban J connectivity index is 1.99. The Morgan fingerprint density at radius 1 is 1.40 bits per heavy atom. The van der Waals surface area contributed by atoms with E-state index in [-0.39, 0.29) is 11.6 Å². The predicted molar refractivity (Wildman–Crippen MR) is 52.3 cm³/mol. The number of amides is 1. The van der Waals surface area contributed by atoms with E-state index in [4.69, 9.17) is 0 Å². The topological polar surface area (TPSA) is 29.1 Å². The average molecular weight is 211 g/mol. The van der Waals surface area contributed by atoms with Gasteiger partial charge in [-0.2, -0.15) is 0 Å². The van der Waals surface area contributed by atoms with Crippen LogP contribution in [-0.4, -0.2) is 5.91 Å². The van der Waals surface area contributed by atoms with E-state index in [1.807, 2.05) is 0 Å². The molecule has 1 saturated carbocycles. The standard InChI is InChI=1S/C11H11F2NO/c12-8-3-4-10(9(13)6-8)14-11(15)5-7-1-2-7/h3-4,6-7H,1-2,5H2,(H,14,15). The van der Waals surface area contributed by atoms with Crippen molar-refractivity contribution in [1.82, 2.24) is 0 Å². The van der Waals surface area contributed by atoms with E-state index in [2.05, 4.69) is 5.32 Å². The number of anilines is 1. The van der Waals surface area contributed by atoms with Gasteiger partial charge in [-0.3, -0.25) is 4.79 Å². The molecule has 0 heterocycles. The zero-order valence-corrected chi connectivity index (χ0v) is 8.09. The van der Waals surface area contributed by atoms with Crippen molar-refractivity contribution in [1.29, 1.82) is 0 Å². The van der Waals surface area contributed by atoms with Crippen LogP contribution < -0.4 is 5.32 Å². The van der Waals surface area contributed by atoms with E-state index in [0.29, 0.717) is 12.3 Å². The van der Waals surface area contributed by atoms with Crippen LogP contribution in [0.3, 0.4) is 0 Å². The first-order valence-corrected chi connectivity index (χ1v) is 4.90. The van der Waals surface area contributed by atoms with Crippen molar-refractivity contribution in [3.8, 4) is 0 Å². The third kappa shape index (κ3) is 2.75. The lowest BCUT2D eigenvalue weighted by atomic mass is 10.2. The van der Waals surface area contributed by atoms with Gasteiger partial charge in [-0.25, -0.2) is 8.78 Å². The van der Waals surface area contributed by atoms with Gasteiger partial charge in [0.15, 0.2) is 0 Å². The summed E-state index contributed by atoms with van der Waals surface area (Å²) in [6.45, 7) is 0. The molecule has 1 aromatic carbocycles. The summed E-state index contributed by atoms with van der Waals surface area (Å²) >= 11 is 0. The van der Waals surface area contributed by atoms with Gasteiger partial charge in [-0.1, -0.05) is 0 Å². The Hall–Kier alpha value is -1.45. The van der Waals surface area contributed by atoms with Crippen LogP contribution in [0, 0.1) is 17.6 Å². The normalized spacial score (nSPS) is 15.1. The van der Waals surface area contributed by atoms with Crippen LogP contribution in [0.4, 0.5) is 14.5 Å². The minimum Gasteiger partial charge on any atom is -0.324 e. The summed E-state index contributed by atoms with van der Waals surface area (Å²) in [6, 6.07) is 3.11. The van der Waals surface area contributed by atoms with E-state index in [9.17, 15) is 13.6 Å². The predicted octanol–water partition coefficient (Wildman–Crippen LogP) is 2.70. The van der Waals surface area contributed by atoms with Crippen LogP contribution >= 0.6 is 0 Å². The Morgan fingerprint density at radius 3 is 2.73 bits per heavy atom. The van der Waals surface area contributed by atoms with Crippen LogP contribution in [0.15, 0.2) is 18.2 Å². The second-order valence-electron chi connectivity index (χ2n) is 3.82. The molecule has 4 heteroatoms. The maximum Gasteiger partial charge on any atom is 0.224 e. The molecule has 1 aliphatic carbocycles. The molecule has 80 valence electrons. The highest BCUT2D eigenvalue weighted by atomic mass is 19.1. The maximum absolute atomic E-state index is 13.1. The highest BCUT2D eigenvalue weighted by Crippen LogP contribution is 2.32. The number of hydrogen-bond donors (Lipinski definition) is 1. The molecule has 1 N–H and O–H groups in total. The fourth-order valence-electron chi connectivity index (χ4n) is 1.38. The van der Waals surface area contributed by atoms with E-state index >= 15 is 0 Å². The number of halogens is 2. The maximum atomic E-state index is 13.1.